The Morgan fingerprint density at radius 3 is 2.22 bits per heavy atom. The lowest BCUT2D eigenvalue weighted by atomic mass is 10.1. The van der Waals surface area contributed by atoms with Crippen molar-refractivity contribution in [3.8, 4) is 17.2 Å². The molecule has 0 aromatic heterocycles. The van der Waals surface area contributed by atoms with Gasteiger partial charge >= 0.3 is 0 Å². The fourth-order valence-corrected chi connectivity index (χ4v) is 4.49. The van der Waals surface area contributed by atoms with Crippen molar-refractivity contribution in [2.75, 3.05) is 38.0 Å². The molecule has 9 heteroatoms. The highest BCUT2D eigenvalue weighted by Gasteiger charge is 2.28. The smallest absolute Gasteiger partial charge is 0.267 e. The summed E-state index contributed by atoms with van der Waals surface area (Å²) in [5.74, 6) is 0.646. The maximum Gasteiger partial charge on any atom is 0.267 e. The Labute approximate surface area is 187 Å². The van der Waals surface area contributed by atoms with Crippen molar-refractivity contribution in [1.82, 2.24) is 0 Å². The number of hydrogen-bond acceptors (Lipinski definition) is 6. The highest BCUT2D eigenvalue weighted by atomic mass is 32.2. The summed E-state index contributed by atoms with van der Waals surface area (Å²) in [4.78, 5) is 12.9. The van der Waals surface area contributed by atoms with Crippen LogP contribution in [0, 0.1) is 0 Å². The molecule has 3 rings (SSSR count). The van der Waals surface area contributed by atoms with Crippen molar-refractivity contribution in [2.24, 2.45) is 0 Å². The van der Waals surface area contributed by atoms with Gasteiger partial charge in [0.25, 0.3) is 15.9 Å². The minimum atomic E-state index is -4.08. The Kier molecular flexibility index (Phi) is 6.89. The molecule has 0 saturated carbocycles. The number of carbonyl (C=O) groups excluding carboxylic acids is 1. The van der Waals surface area contributed by atoms with Crippen LogP contribution in [-0.4, -0.2) is 42.7 Å². The molecule has 3 aromatic carbocycles. The zero-order valence-electron chi connectivity index (χ0n) is 18.2. The Hall–Kier alpha value is -3.72. The van der Waals surface area contributed by atoms with Crippen LogP contribution in [0.5, 0.6) is 17.2 Å². The molecule has 0 aliphatic rings. The van der Waals surface area contributed by atoms with E-state index in [9.17, 15) is 13.2 Å². The molecule has 0 aliphatic carbocycles. The monoisotopic (exact) mass is 456 g/mol. The van der Waals surface area contributed by atoms with Gasteiger partial charge in [0.15, 0.2) is 0 Å². The van der Waals surface area contributed by atoms with Gasteiger partial charge in [-0.1, -0.05) is 18.2 Å². The zero-order chi connectivity index (χ0) is 23.3. The van der Waals surface area contributed by atoms with Crippen molar-refractivity contribution >= 4 is 27.3 Å². The number of benzene rings is 3. The van der Waals surface area contributed by atoms with Gasteiger partial charge in [0.05, 0.1) is 32.6 Å². The summed E-state index contributed by atoms with van der Waals surface area (Å²) in [6.45, 7) is 0. The van der Waals surface area contributed by atoms with Crippen molar-refractivity contribution in [3.05, 3.63) is 72.3 Å². The van der Waals surface area contributed by atoms with Gasteiger partial charge < -0.3 is 19.5 Å². The van der Waals surface area contributed by atoms with E-state index >= 15 is 0 Å². The molecule has 0 bridgehead atoms. The van der Waals surface area contributed by atoms with Gasteiger partial charge in [0.1, 0.15) is 22.1 Å². The second kappa shape index (κ2) is 9.61. The van der Waals surface area contributed by atoms with E-state index in [1.165, 1.54) is 40.5 Å². The highest BCUT2D eigenvalue weighted by molar-refractivity contribution is 7.93. The molecule has 3 aromatic rings. The summed E-state index contributed by atoms with van der Waals surface area (Å²) in [5, 5.41) is 2.78. The third-order valence-electron chi connectivity index (χ3n) is 4.82. The van der Waals surface area contributed by atoms with Crippen molar-refractivity contribution in [1.29, 1.82) is 0 Å². The maximum absolute atomic E-state index is 13.4. The van der Waals surface area contributed by atoms with Gasteiger partial charge in [-0.3, -0.25) is 9.10 Å². The first-order valence-corrected chi connectivity index (χ1v) is 11.0. The molecule has 0 fully saturated rings. The number of ether oxygens (including phenoxy) is 3. The number of amides is 1. The molecule has 0 heterocycles. The quantitative estimate of drug-likeness (QED) is 0.554. The van der Waals surface area contributed by atoms with Gasteiger partial charge in [-0.25, -0.2) is 8.42 Å². The molecule has 1 N–H and O–H groups in total. The summed E-state index contributed by atoms with van der Waals surface area (Å²) in [7, 11) is 1.66. The fourth-order valence-electron chi connectivity index (χ4n) is 3.10. The summed E-state index contributed by atoms with van der Waals surface area (Å²) >= 11 is 0. The lowest BCUT2D eigenvalue weighted by Gasteiger charge is -2.23. The minimum Gasteiger partial charge on any atom is -0.497 e. The van der Waals surface area contributed by atoms with Crippen LogP contribution in [0.1, 0.15) is 10.4 Å². The van der Waals surface area contributed by atoms with E-state index in [2.05, 4.69) is 5.32 Å². The van der Waals surface area contributed by atoms with Crippen molar-refractivity contribution in [3.63, 3.8) is 0 Å². The van der Waals surface area contributed by atoms with Gasteiger partial charge in [0.2, 0.25) is 0 Å². The number of sulfonamides is 1. The number of methoxy groups -OCH3 is 3. The molecular formula is C23H24N2O6S. The van der Waals surface area contributed by atoms with Gasteiger partial charge in [0, 0.05) is 24.9 Å². The van der Waals surface area contributed by atoms with Crippen molar-refractivity contribution < 1.29 is 27.4 Å². The van der Waals surface area contributed by atoms with E-state index in [0.717, 1.165) is 4.31 Å². The second-order valence-electron chi connectivity index (χ2n) is 6.69. The van der Waals surface area contributed by atoms with E-state index in [4.69, 9.17) is 14.2 Å². The van der Waals surface area contributed by atoms with Crippen LogP contribution in [0.15, 0.2) is 71.6 Å². The Bertz CT molecular complexity index is 1230. The van der Waals surface area contributed by atoms with Gasteiger partial charge in [-0.2, -0.15) is 0 Å². The number of carbonyl (C=O) groups is 1. The molecule has 1 amide bonds. The molecule has 0 unspecified atom stereocenters. The van der Waals surface area contributed by atoms with Crippen LogP contribution >= 0.6 is 0 Å². The molecule has 168 valence electrons. The predicted molar refractivity (Wildman–Crippen MR) is 123 cm³/mol. The third-order valence-corrected chi connectivity index (χ3v) is 6.62. The first-order valence-electron chi connectivity index (χ1n) is 9.57. The number of rotatable bonds is 8. The molecule has 0 radical (unpaired) electrons. The van der Waals surface area contributed by atoms with Crippen LogP contribution in [0.3, 0.4) is 0 Å². The lowest BCUT2D eigenvalue weighted by molar-refractivity contribution is 0.102. The Balaban J connectivity index is 1.99. The van der Waals surface area contributed by atoms with Crippen LogP contribution in [0.25, 0.3) is 0 Å². The van der Waals surface area contributed by atoms with Crippen molar-refractivity contribution in [2.45, 2.75) is 4.90 Å². The highest BCUT2D eigenvalue weighted by Crippen LogP contribution is 2.33. The Morgan fingerprint density at radius 1 is 0.844 bits per heavy atom. The normalized spacial score (nSPS) is 10.9. The molecule has 8 nitrogen and oxygen atoms in total. The topological polar surface area (TPSA) is 94.2 Å². The number of anilines is 2. The number of nitrogens with zero attached hydrogens (tertiary/aromatic N) is 1. The first-order chi connectivity index (χ1) is 15.3. The standard InChI is InChI=1S/C23H24N2O6S/c1-25(32(27,28)22-15-18(30-3)12-13-21(22)31-4)20-11-6-5-10-19(20)23(26)24-16-8-7-9-17(14-16)29-2/h5-15H,1-4H3,(H,24,26). The van der Waals surface area contributed by atoms with Crippen LogP contribution in [-0.2, 0) is 10.0 Å². The molecule has 32 heavy (non-hydrogen) atoms. The average Bonchev–Trinajstić information content (AvgIpc) is 2.83. The van der Waals surface area contributed by atoms with Crippen LogP contribution in [0.4, 0.5) is 11.4 Å². The van der Waals surface area contributed by atoms with E-state index in [-0.39, 0.29) is 21.9 Å². The molecule has 0 aliphatic heterocycles. The SMILES string of the molecule is COc1cccc(NC(=O)c2ccccc2N(C)S(=O)(=O)c2cc(OC)ccc2OC)c1. The summed E-state index contributed by atoms with van der Waals surface area (Å²) in [6.07, 6.45) is 0. The maximum atomic E-state index is 13.4. The molecule has 0 saturated heterocycles. The number of nitrogens with one attached hydrogen (secondary N) is 1. The minimum absolute atomic E-state index is 0.0788. The molecule has 0 spiro atoms. The lowest BCUT2D eigenvalue weighted by Crippen LogP contribution is -2.29. The molecular weight excluding hydrogens is 432 g/mol. The number of para-hydroxylation sites is 1. The zero-order valence-corrected chi connectivity index (χ0v) is 19.0. The summed E-state index contributed by atoms with van der Waals surface area (Å²) in [6, 6.07) is 17.8. The van der Waals surface area contributed by atoms with E-state index in [0.29, 0.717) is 17.2 Å². The molecule has 0 atom stereocenters. The third kappa shape index (κ3) is 4.62. The average molecular weight is 457 g/mol. The second-order valence-corrected chi connectivity index (χ2v) is 8.63. The van der Waals surface area contributed by atoms with E-state index in [1.807, 2.05) is 0 Å². The fraction of sp³-hybridized carbons (Fsp3) is 0.174. The van der Waals surface area contributed by atoms with Gasteiger partial charge in [-0.05, 0) is 36.4 Å². The largest absolute Gasteiger partial charge is 0.497 e. The predicted octanol–water partition coefficient (Wildman–Crippen LogP) is 3.79. The van der Waals surface area contributed by atoms with E-state index < -0.39 is 15.9 Å². The van der Waals surface area contributed by atoms with E-state index in [1.54, 1.807) is 54.6 Å². The number of hydrogen-bond donors (Lipinski definition) is 1. The van der Waals surface area contributed by atoms with Crippen LogP contribution in [0.2, 0.25) is 0 Å². The summed E-state index contributed by atoms with van der Waals surface area (Å²) < 4.78 is 43.5. The first kappa shape index (κ1) is 23.0. The Morgan fingerprint density at radius 2 is 1.53 bits per heavy atom. The summed E-state index contributed by atoms with van der Waals surface area (Å²) in [5.41, 5.74) is 0.908. The van der Waals surface area contributed by atoms with Crippen LogP contribution < -0.4 is 23.8 Å². The van der Waals surface area contributed by atoms with Gasteiger partial charge in [-0.15, -0.1) is 0 Å².